The summed E-state index contributed by atoms with van der Waals surface area (Å²) in [6.07, 6.45) is 3.06. The molecule has 1 aromatic rings. The molecule has 1 fully saturated rings. The third kappa shape index (κ3) is 4.19. The Hall–Kier alpha value is -1.63. The molecule has 0 bridgehead atoms. The van der Waals surface area contributed by atoms with Gasteiger partial charge in [0.2, 0.25) is 15.9 Å². The van der Waals surface area contributed by atoms with Crippen LogP contribution in [-0.2, 0) is 14.8 Å². The Kier molecular flexibility index (Phi) is 5.05. The van der Waals surface area contributed by atoms with Crippen molar-refractivity contribution in [1.82, 2.24) is 4.90 Å². The maximum atomic E-state index is 13.0. The van der Waals surface area contributed by atoms with Crippen LogP contribution in [0.25, 0.3) is 0 Å². The van der Waals surface area contributed by atoms with Gasteiger partial charge in [0.15, 0.2) is 0 Å². The van der Waals surface area contributed by atoms with Crippen molar-refractivity contribution in [2.75, 3.05) is 30.2 Å². The van der Waals surface area contributed by atoms with Gasteiger partial charge in [0.25, 0.3) is 0 Å². The van der Waals surface area contributed by atoms with Crippen LogP contribution in [0.1, 0.15) is 19.8 Å². The molecule has 7 heteroatoms. The number of hydrogen-bond acceptors (Lipinski definition) is 3. The number of likely N-dealkylation sites (tertiary alicyclic amines) is 1. The number of halogens is 1. The molecule has 0 N–H and O–H groups in total. The highest BCUT2D eigenvalue weighted by atomic mass is 32.2. The lowest BCUT2D eigenvalue weighted by Crippen LogP contribution is -2.46. The summed E-state index contributed by atoms with van der Waals surface area (Å²) >= 11 is 0. The summed E-state index contributed by atoms with van der Waals surface area (Å²) in [7, 11) is -3.61. The SMILES string of the molecule is CC1CCCN(C(=O)CN(c2ccc(F)cc2)S(C)(=O)=O)C1. The van der Waals surface area contributed by atoms with Gasteiger partial charge >= 0.3 is 0 Å². The summed E-state index contributed by atoms with van der Waals surface area (Å²) in [5, 5.41) is 0. The molecule has 0 saturated carbocycles. The van der Waals surface area contributed by atoms with Crippen molar-refractivity contribution in [3.8, 4) is 0 Å². The fraction of sp³-hybridized carbons (Fsp3) is 0.533. The Morgan fingerprint density at radius 1 is 1.36 bits per heavy atom. The van der Waals surface area contributed by atoms with Crippen LogP contribution in [0.5, 0.6) is 0 Å². The smallest absolute Gasteiger partial charge is 0.243 e. The van der Waals surface area contributed by atoms with Gasteiger partial charge in [0.1, 0.15) is 12.4 Å². The van der Waals surface area contributed by atoms with Crippen LogP contribution in [0.4, 0.5) is 10.1 Å². The van der Waals surface area contributed by atoms with Crippen LogP contribution in [-0.4, -0.2) is 45.1 Å². The first-order chi connectivity index (χ1) is 10.3. The van der Waals surface area contributed by atoms with Gasteiger partial charge in [-0.1, -0.05) is 6.92 Å². The Morgan fingerprint density at radius 3 is 2.55 bits per heavy atom. The van der Waals surface area contributed by atoms with Crippen LogP contribution in [0.3, 0.4) is 0 Å². The molecule has 1 atom stereocenters. The lowest BCUT2D eigenvalue weighted by Gasteiger charge is -2.33. The van der Waals surface area contributed by atoms with E-state index in [9.17, 15) is 17.6 Å². The van der Waals surface area contributed by atoms with E-state index in [4.69, 9.17) is 0 Å². The minimum atomic E-state index is -3.61. The third-order valence-electron chi connectivity index (χ3n) is 3.80. The van der Waals surface area contributed by atoms with Gasteiger partial charge in [0, 0.05) is 13.1 Å². The number of sulfonamides is 1. The van der Waals surface area contributed by atoms with Gasteiger partial charge in [-0.25, -0.2) is 12.8 Å². The molecule has 1 heterocycles. The van der Waals surface area contributed by atoms with Crippen molar-refractivity contribution in [1.29, 1.82) is 0 Å². The molecule has 22 heavy (non-hydrogen) atoms. The first-order valence-electron chi connectivity index (χ1n) is 7.28. The van der Waals surface area contributed by atoms with Crippen LogP contribution in [0.2, 0.25) is 0 Å². The molecule has 1 saturated heterocycles. The second-order valence-corrected chi connectivity index (χ2v) is 7.74. The number of rotatable bonds is 4. The van der Waals surface area contributed by atoms with Gasteiger partial charge < -0.3 is 4.90 Å². The fourth-order valence-electron chi connectivity index (χ4n) is 2.65. The fourth-order valence-corrected chi connectivity index (χ4v) is 3.50. The number of anilines is 1. The van der Waals surface area contributed by atoms with E-state index < -0.39 is 15.8 Å². The van der Waals surface area contributed by atoms with Gasteiger partial charge in [-0.15, -0.1) is 0 Å². The summed E-state index contributed by atoms with van der Waals surface area (Å²) in [6.45, 7) is 3.13. The first-order valence-corrected chi connectivity index (χ1v) is 9.13. The van der Waals surface area contributed by atoms with Crippen molar-refractivity contribution < 1.29 is 17.6 Å². The molecular formula is C15H21FN2O3S. The monoisotopic (exact) mass is 328 g/mol. The molecule has 1 aliphatic rings. The quantitative estimate of drug-likeness (QED) is 0.847. The summed E-state index contributed by atoms with van der Waals surface area (Å²) < 4.78 is 37.9. The predicted molar refractivity (Wildman–Crippen MR) is 83.6 cm³/mol. The number of nitrogens with zero attached hydrogens (tertiary/aromatic N) is 2. The standard InChI is InChI=1S/C15H21FN2O3S/c1-12-4-3-9-17(10-12)15(19)11-18(22(2,20)21)14-7-5-13(16)6-8-14/h5-8,12H,3-4,9-11H2,1-2H3. The maximum Gasteiger partial charge on any atom is 0.243 e. The molecule has 0 spiro atoms. The zero-order valence-corrected chi connectivity index (χ0v) is 13.6. The molecule has 1 aliphatic heterocycles. The largest absolute Gasteiger partial charge is 0.341 e. The van der Waals surface area contributed by atoms with Gasteiger partial charge in [0.05, 0.1) is 11.9 Å². The van der Waals surface area contributed by atoms with Crippen LogP contribution >= 0.6 is 0 Å². The van der Waals surface area contributed by atoms with Crippen molar-refractivity contribution in [2.24, 2.45) is 5.92 Å². The molecule has 0 aromatic heterocycles. The summed E-state index contributed by atoms with van der Waals surface area (Å²) in [5.41, 5.74) is 0.294. The van der Waals surface area contributed by atoms with Crippen LogP contribution < -0.4 is 4.31 Å². The molecule has 0 aliphatic carbocycles. The van der Waals surface area contributed by atoms with Crippen LogP contribution in [0, 0.1) is 11.7 Å². The Labute approximate surface area is 130 Å². The summed E-state index contributed by atoms with van der Waals surface area (Å²) in [5.74, 6) is -0.245. The number of piperidine rings is 1. The van der Waals surface area contributed by atoms with E-state index in [-0.39, 0.29) is 12.5 Å². The Morgan fingerprint density at radius 2 is 2.00 bits per heavy atom. The average molecular weight is 328 g/mol. The van der Waals surface area contributed by atoms with Crippen molar-refractivity contribution in [3.05, 3.63) is 30.1 Å². The maximum absolute atomic E-state index is 13.0. The minimum absolute atomic E-state index is 0.221. The number of benzene rings is 1. The molecule has 1 aromatic carbocycles. The Bertz CT molecular complexity index is 631. The zero-order chi connectivity index (χ0) is 16.3. The molecule has 5 nitrogen and oxygen atoms in total. The number of amides is 1. The predicted octanol–water partition coefficient (Wildman–Crippen LogP) is 1.85. The molecule has 2 rings (SSSR count). The molecule has 1 amide bonds. The average Bonchev–Trinajstić information content (AvgIpc) is 2.44. The van der Waals surface area contributed by atoms with Gasteiger partial charge in [-0.3, -0.25) is 9.10 Å². The number of hydrogen-bond donors (Lipinski definition) is 0. The molecule has 122 valence electrons. The van der Waals surface area contributed by atoms with Gasteiger partial charge in [-0.2, -0.15) is 0 Å². The number of carbonyl (C=O) groups excluding carboxylic acids is 1. The molecule has 0 radical (unpaired) electrons. The highest BCUT2D eigenvalue weighted by Gasteiger charge is 2.26. The highest BCUT2D eigenvalue weighted by Crippen LogP contribution is 2.20. The van der Waals surface area contributed by atoms with E-state index in [0.29, 0.717) is 24.7 Å². The van der Waals surface area contributed by atoms with Crippen molar-refractivity contribution in [2.45, 2.75) is 19.8 Å². The van der Waals surface area contributed by atoms with Crippen LogP contribution in [0.15, 0.2) is 24.3 Å². The lowest BCUT2D eigenvalue weighted by atomic mass is 10.0. The second kappa shape index (κ2) is 6.64. The summed E-state index contributed by atoms with van der Waals surface area (Å²) in [4.78, 5) is 14.1. The van der Waals surface area contributed by atoms with E-state index in [1.807, 2.05) is 0 Å². The van der Waals surface area contributed by atoms with Crippen molar-refractivity contribution >= 4 is 21.6 Å². The van der Waals surface area contributed by atoms with E-state index in [1.165, 1.54) is 24.3 Å². The minimum Gasteiger partial charge on any atom is -0.341 e. The Balaban J connectivity index is 2.17. The topological polar surface area (TPSA) is 57.7 Å². The zero-order valence-electron chi connectivity index (χ0n) is 12.8. The third-order valence-corrected chi connectivity index (χ3v) is 4.94. The van der Waals surface area contributed by atoms with Crippen molar-refractivity contribution in [3.63, 3.8) is 0 Å². The lowest BCUT2D eigenvalue weighted by molar-refractivity contribution is -0.131. The normalized spacial score (nSPS) is 19.0. The van der Waals surface area contributed by atoms with E-state index in [2.05, 4.69) is 6.92 Å². The van der Waals surface area contributed by atoms with E-state index in [0.717, 1.165) is 23.4 Å². The molecular weight excluding hydrogens is 307 g/mol. The van der Waals surface area contributed by atoms with Gasteiger partial charge in [-0.05, 0) is 43.0 Å². The van der Waals surface area contributed by atoms with E-state index >= 15 is 0 Å². The second-order valence-electron chi connectivity index (χ2n) is 5.83. The number of carbonyl (C=O) groups is 1. The van der Waals surface area contributed by atoms with E-state index in [1.54, 1.807) is 4.90 Å². The highest BCUT2D eigenvalue weighted by molar-refractivity contribution is 7.92. The first kappa shape index (κ1) is 16.7. The summed E-state index contributed by atoms with van der Waals surface area (Å²) in [6, 6.07) is 5.09. The molecule has 1 unspecified atom stereocenters.